The molecule has 0 saturated heterocycles. The number of Topliss-reactive ketones (excluding diaryl/α,β-unsaturated/α-hetero) is 1. The lowest BCUT2D eigenvalue weighted by atomic mass is 10.0. The van der Waals surface area contributed by atoms with Gasteiger partial charge < -0.3 is 4.74 Å². The van der Waals surface area contributed by atoms with Gasteiger partial charge in [-0.1, -0.05) is 78.3 Å². The van der Waals surface area contributed by atoms with Gasteiger partial charge in [0.05, 0.1) is 12.2 Å². The van der Waals surface area contributed by atoms with Crippen molar-refractivity contribution < 1.29 is 14.3 Å². The van der Waals surface area contributed by atoms with Gasteiger partial charge in [-0.05, 0) is 47.2 Å². The van der Waals surface area contributed by atoms with Crippen molar-refractivity contribution in [2.45, 2.75) is 19.9 Å². The summed E-state index contributed by atoms with van der Waals surface area (Å²) < 4.78 is 6.89. The maximum atomic E-state index is 12.8. The molecule has 0 saturated carbocycles. The van der Waals surface area contributed by atoms with Gasteiger partial charge in [0.2, 0.25) is 0 Å². The molecule has 1 aliphatic carbocycles. The van der Waals surface area contributed by atoms with Crippen LogP contribution in [-0.2, 0) is 17.7 Å². The highest BCUT2D eigenvalue weighted by molar-refractivity contribution is 6.32. The first-order valence-corrected chi connectivity index (χ1v) is 11.1. The number of rotatable bonds is 6. The third-order valence-electron chi connectivity index (χ3n) is 5.90. The Bertz CT molecular complexity index is 1380. The van der Waals surface area contributed by atoms with Crippen molar-refractivity contribution in [2.24, 2.45) is 0 Å². The third kappa shape index (κ3) is 4.08. The molecule has 0 fully saturated rings. The van der Waals surface area contributed by atoms with Crippen LogP contribution in [0.3, 0.4) is 0 Å². The maximum Gasteiger partial charge on any atom is 0.343 e. The molecule has 3 aromatic carbocycles. The van der Waals surface area contributed by atoms with Crippen molar-refractivity contribution in [3.63, 3.8) is 0 Å². The Morgan fingerprint density at radius 1 is 0.970 bits per heavy atom. The predicted octanol–water partition coefficient (Wildman–Crippen LogP) is 5.50. The van der Waals surface area contributed by atoms with E-state index in [1.165, 1.54) is 11.1 Å². The Morgan fingerprint density at radius 3 is 2.52 bits per heavy atom. The molecule has 5 nitrogen and oxygen atoms in total. The highest BCUT2D eigenvalue weighted by Gasteiger charge is 2.24. The largest absolute Gasteiger partial charge is 0.454 e. The summed E-state index contributed by atoms with van der Waals surface area (Å²) in [6.07, 6.45) is 0.861. The first-order valence-electron chi connectivity index (χ1n) is 10.7. The second-order valence-corrected chi connectivity index (χ2v) is 8.46. The van der Waals surface area contributed by atoms with E-state index in [0.717, 1.165) is 23.1 Å². The summed E-state index contributed by atoms with van der Waals surface area (Å²) in [4.78, 5) is 25.5. The summed E-state index contributed by atoms with van der Waals surface area (Å²) >= 11 is 6.43. The Labute approximate surface area is 196 Å². The number of benzene rings is 3. The monoisotopic (exact) mass is 456 g/mol. The number of hydrogen-bond acceptors (Lipinski definition) is 4. The molecule has 0 atom stereocenters. The smallest absolute Gasteiger partial charge is 0.343 e. The number of carbonyl (C=O) groups is 2. The molecule has 33 heavy (non-hydrogen) atoms. The van der Waals surface area contributed by atoms with E-state index in [4.69, 9.17) is 16.3 Å². The Balaban J connectivity index is 1.29. The van der Waals surface area contributed by atoms with E-state index in [1.54, 1.807) is 17.7 Å². The molecular formula is C27H21ClN2O3. The number of hydrogen-bond donors (Lipinski definition) is 0. The molecule has 0 spiro atoms. The van der Waals surface area contributed by atoms with Crippen LogP contribution in [0.2, 0.25) is 5.15 Å². The molecule has 0 aliphatic heterocycles. The van der Waals surface area contributed by atoms with Gasteiger partial charge in [-0.25, -0.2) is 9.48 Å². The van der Waals surface area contributed by atoms with Gasteiger partial charge in [0, 0.05) is 5.56 Å². The molecule has 5 rings (SSSR count). The van der Waals surface area contributed by atoms with Gasteiger partial charge >= 0.3 is 5.97 Å². The van der Waals surface area contributed by atoms with E-state index < -0.39 is 5.97 Å². The molecule has 0 radical (unpaired) electrons. The van der Waals surface area contributed by atoms with Gasteiger partial charge in [-0.3, -0.25) is 4.79 Å². The summed E-state index contributed by atoms with van der Waals surface area (Å²) in [5.41, 5.74) is 6.82. The molecule has 0 amide bonds. The number of ketones is 1. The van der Waals surface area contributed by atoms with Crippen molar-refractivity contribution >= 4 is 23.4 Å². The number of aromatic nitrogens is 2. The highest BCUT2D eigenvalue weighted by atomic mass is 35.5. The standard InChI is InChI=1S/C27H21ClN2O3/c1-17-25(26(28)30(29-17)15-18-7-3-2-4-8-18)27(32)33-16-24(31)21-12-11-20-13-19-9-5-6-10-22(19)23(20)14-21/h2-12,14H,13,15-16H2,1H3. The maximum absolute atomic E-state index is 12.8. The fourth-order valence-corrected chi connectivity index (χ4v) is 4.54. The Kier molecular flexibility index (Phi) is 5.56. The van der Waals surface area contributed by atoms with Gasteiger partial charge in [-0.2, -0.15) is 5.10 Å². The summed E-state index contributed by atoms with van der Waals surface area (Å²) in [6.45, 7) is 1.77. The molecule has 0 N–H and O–H groups in total. The molecule has 0 bridgehead atoms. The lowest BCUT2D eigenvalue weighted by Crippen LogP contribution is -2.15. The van der Waals surface area contributed by atoms with E-state index in [2.05, 4.69) is 17.2 Å². The second kappa shape index (κ2) is 8.68. The normalized spacial score (nSPS) is 11.7. The summed E-state index contributed by atoms with van der Waals surface area (Å²) in [5, 5.41) is 4.57. The summed E-state index contributed by atoms with van der Waals surface area (Å²) in [7, 11) is 0. The number of carbonyl (C=O) groups excluding carboxylic acids is 2. The molecule has 4 aromatic rings. The van der Waals surface area contributed by atoms with Crippen LogP contribution in [0.5, 0.6) is 0 Å². The van der Waals surface area contributed by atoms with Crippen molar-refractivity contribution in [1.29, 1.82) is 0 Å². The van der Waals surface area contributed by atoms with E-state index in [0.29, 0.717) is 17.8 Å². The first-order chi connectivity index (χ1) is 16.0. The lowest BCUT2D eigenvalue weighted by molar-refractivity contribution is 0.0474. The fourth-order valence-electron chi connectivity index (χ4n) is 4.23. The average Bonchev–Trinajstić information content (AvgIpc) is 3.33. The summed E-state index contributed by atoms with van der Waals surface area (Å²) in [5.74, 6) is -0.919. The van der Waals surface area contributed by atoms with Crippen LogP contribution in [0, 0.1) is 6.92 Å². The van der Waals surface area contributed by atoms with E-state index >= 15 is 0 Å². The first kappa shape index (κ1) is 21.2. The SMILES string of the molecule is Cc1nn(Cc2ccccc2)c(Cl)c1C(=O)OCC(=O)c1ccc2c(c1)-c1ccccc1C2. The summed E-state index contributed by atoms with van der Waals surface area (Å²) in [6, 6.07) is 23.5. The third-order valence-corrected chi connectivity index (χ3v) is 6.28. The number of aryl methyl sites for hydroxylation is 1. The quantitative estimate of drug-likeness (QED) is 0.250. The zero-order chi connectivity index (χ0) is 22.9. The molecule has 1 aromatic heterocycles. The molecule has 1 heterocycles. The van der Waals surface area contributed by atoms with Crippen LogP contribution in [0.1, 0.15) is 43.1 Å². The number of ether oxygens (including phenoxy) is 1. The fraction of sp³-hybridized carbons (Fsp3) is 0.148. The molecule has 164 valence electrons. The van der Waals surface area contributed by atoms with Gasteiger partial charge in [0.15, 0.2) is 12.4 Å². The van der Waals surface area contributed by atoms with Crippen LogP contribution in [0.4, 0.5) is 0 Å². The van der Waals surface area contributed by atoms with Gasteiger partial charge in [0.25, 0.3) is 0 Å². The van der Waals surface area contributed by atoms with Crippen LogP contribution in [-0.4, -0.2) is 28.1 Å². The topological polar surface area (TPSA) is 61.2 Å². The minimum atomic E-state index is -0.656. The highest BCUT2D eigenvalue weighted by Crippen LogP contribution is 2.36. The van der Waals surface area contributed by atoms with Crippen molar-refractivity contribution in [1.82, 2.24) is 9.78 Å². The van der Waals surface area contributed by atoms with Crippen LogP contribution in [0.15, 0.2) is 72.8 Å². The van der Waals surface area contributed by atoms with Crippen molar-refractivity contribution in [2.75, 3.05) is 6.61 Å². The Hall–Kier alpha value is -3.70. The number of fused-ring (bicyclic) bond motifs is 3. The van der Waals surface area contributed by atoms with Gasteiger partial charge in [-0.15, -0.1) is 0 Å². The average molecular weight is 457 g/mol. The van der Waals surface area contributed by atoms with Crippen LogP contribution < -0.4 is 0 Å². The second-order valence-electron chi connectivity index (χ2n) is 8.10. The lowest BCUT2D eigenvalue weighted by Gasteiger charge is -2.07. The Morgan fingerprint density at radius 2 is 1.70 bits per heavy atom. The number of nitrogens with zero attached hydrogens (tertiary/aromatic N) is 2. The van der Waals surface area contributed by atoms with E-state index in [-0.39, 0.29) is 23.1 Å². The van der Waals surface area contributed by atoms with Crippen LogP contribution >= 0.6 is 11.6 Å². The van der Waals surface area contributed by atoms with Gasteiger partial charge in [0.1, 0.15) is 10.7 Å². The molecule has 1 aliphatic rings. The zero-order valence-corrected chi connectivity index (χ0v) is 18.8. The van der Waals surface area contributed by atoms with E-state index in [1.807, 2.05) is 54.6 Å². The van der Waals surface area contributed by atoms with Crippen LogP contribution in [0.25, 0.3) is 11.1 Å². The number of halogens is 1. The van der Waals surface area contributed by atoms with E-state index in [9.17, 15) is 9.59 Å². The molecule has 0 unspecified atom stereocenters. The number of esters is 1. The van der Waals surface area contributed by atoms with Crippen molar-refractivity contribution in [3.05, 3.63) is 111 Å². The van der Waals surface area contributed by atoms with Crippen molar-refractivity contribution in [3.8, 4) is 11.1 Å². The minimum absolute atomic E-state index is 0.184. The minimum Gasteiger partial charge on any atom is -0.454 e. The zero-order valence-electron chi connectivity index (χ0n) is 18.0. The molecule has 6 heteroatoms. The molecular weight excluding hydrogens is 436 g/mol. The predicted molar refractivity (Wildman–Crippen MR) is 127 cm³/mol.